The van der Waals surface area contributed by atoms with E-state index in [0.717, 1.165) is 24.7 Å². The summed E-state index contributed by atoms with van der Waals surface area (Å²) >= 11 is 1.13. The molecule has 0 radical (unpaired) electrons. The van der Waals surface area contributed by atoms with Crippen LogP contribution in [-0.2, 0) is 0 Å². The standard InChI is InChI=1S/C8H13N3OS/c1-6-4-2-3-5-11(6)7-8(12)10-13-9-7/h6H,2-5H2,1H3,(H,10,12)/t6-/m1/s1. The van der Waals surface area contributed by atoms with Crippen molar-refractivity contribution in [2.45, 2.75) is 32.2 Å². The Bertz CT molecular complexity index is 332. The highest BCUT2D eigenvalue weighted by atomic mass is 32.1. The summed E-state index contributed by atoms with van der Waals surface area (Å²) < 4.78 is 6.71. The van der Waals surface area contributed by atoms with Crippen LogP contribution < -0.4 is 10.5 Å². The molecule has 0 unspecified atom stereocenters. The van der Waals surface area contributed by atoms with Gasteiger partial charge in [-0.3, -0.25) is 9.17 Å². The molecule has 1 aliphatic rings. The smallest absolute Gasteiger partial charge is 0.302 e. The molecule has 1 aromatic rings. The number of rotatable bonds is 1. The predicted molar refractivity (Wildman–Crippen MR) is 53.4 cm³/mol. The summed E-state index contributed by atoms with van der Waals surface area (Å²) in [6.45, 7) is 3.12. The quantitative estimate of drug-likeness (QED) is 0.739. The third kappa shape index (κ3) is 1.60. The Hall–Kier alpha value is -0.840. The zero-order valence-corrected chi connectivity index (χ0v) is 8.43. The van der Waals surface area contributed by atoms with E-state index >= 15 is 0 Å². The van der Waals surface area contributed by atoms with E-state index in [4.69, 9.17) is 0 Å². The molecule has 2 heterocycles. The lowest BCUT2D eigenvalue weighted by atomic mass is 10.0. The summed E-state index contributed by atoms with van der Waals surface area (Å²) in [6.07, 6.45) is 3.60. The summed E-state index contributed by atoms with van der Waals surface area (Å²) in [5, 5.41) is 0. The van der Waals surface area contributed by atoms with Crippen molar-refractivity contribution in [3.63, 3.8) is 0 Å². The van der Waals surface area contributed by atoms with Gasteiger partial charge in [0.05, 0.1) is 0 Å². The molecule has 5 heteroatoms. The van der Waals surface area contributed by atoms with Crippen LogP contribution in [-0.4, -0.2) is 21.3 Å². The number of aromatic nitrogens is 2. The van der Waals surface area contributed by atoms with Crippen molar-refractivity contribution in [3.05, 3.63) is 10.4 Å². The van der Waals surface area contributed by atoms with E-state index in [1.54, 1.807) is 0 Å². The van der Waals surface area contributed by atoms with E-state index in [0.29, 0.717) is 11.9 Å². The highest BCUT2D eigenvalue weighted by molar-refractivity contribution is 6.99. The fourth-order valence-electron chi connectivity index (χ4n) is 1.79. The SMILES string of the molecule is C[C@@H]1CCCCN1c1ns[nH]c1=O. The first-order valence-electron chi connectivity index (χ1n) is 4.60. The van der Waals surface area contributed by atoms with Gasteiger partial charge in [-0.05, 0) is 26.2 Å². The molecule has 1 aliphatic heterocycles. The van der Waals surface area contributed by atoms with Crippen molar-refractivity contribution in [3.8, 4) is 0 Å². The average Bonchev–Trinajstić information content (AvgIpc) is 2.52. The van der Waals surface area contributed by atoms with Gasteiger partial charge in [0.2, 0.25) is 5.82 Å². The minimum Gasteiger partial charge on any atom is -0.348 e. The molecule has 2 rings (SSSR count). The fourth-order valence-corrected chi connectivity index (χ4v) is 2.28. The van der Waals surface area contributed by atoms with Gasteiger partial charge in [0.15, 0.2) is 0 Å². The third-order valence-corrected chi connectivity index (χ3v) is 3.09. The summed E-state index contributed by atoms with van der Waals surface area (Å²) in [5.74, 6) is 0.609. The summed E-state index contributed by atoms with van der Waals surface area (Å²) in [4.78, 5) is 13.4. The number of anilines is 1. The van der Waals surface area contributed by atoms with Crippen LogP contribution in [0.5, 0.6) is 0 Å². The van der Waals surface area contributed by atoms with Crippen molar-refractivity contribution >= 4 is 17.5 Å². The number of hydrogen-bond acceptors (Lipinski definition) is 4. The van der Waals surface area contributed by atoms with Crippen LogP contribution in [0.25, 0.3) is 0 Å². The van der Waals surface area contributed by atoms with Crippen LogP contribution in [0.1, 0.15) is 26.2 Å². The van der Waals surface area contributed by atoms with Crippen LogP contribution in [0, 0.1) is 0 Å². The number of piperidine rings is 1. The van der Waals surface area contributed by atoms with Crippen LogP contribution in [0.3, 0.4) is 0 Å². The molecule has 0 aliphatic carbocycles. The highest BCUT2D eigenvalue weighted by Gasteiger charge is 2.22. The molecule has 72 valence electrons. The molecule has 0 saturated carbocycles. The first-order valence-corrected chi connectivity index (χ1v) is 5.37. The molecule has 1 aromatic heterocycles. The van der Waals surface area contributed by atoms with E-state index in [2.05, 4.69) is 20.6 Å². The third-order valence-electron chi connectivity index (χ3n) is 2.55. The van der Waals surface area contributed by atoms with Gasteiger partial charge >= 0.3 is 5.56 Å². The van der Waals surface area contributed by atoms with E-state index in [1.165, 1.54) is 12.8 Å². The van der Waals surface area contributed by atoms with Crippen molar-refractivity contribution in [2.75, 3.05) is 11.4 Å². The summed E-state index contributed by atoms with van der Waals surface area (Å²) in [6, 6.07) is 0.456. The minimum atomic E-state index is -0.0428. The van der Waals surface area contributed by atoms with Crippen LogP contribution >= 0.6 is 11.7 Å². The van der Waals surface area contributed by atoms with E-state index in [1.807, 2.05) is 0 Å². The fraction of sp³-hybridized carbons (Fsp3) is 0.750. The van der Waals surface area contributed by atoms with Gasteiger partial charge in [0.25, 0.3) is 0 Å². The van der Waals surface area contributed by atoms with Crippen molar-refractivity contribution in [1.29, 1.82) is 0 Å². The molecule has 13 heavy (non-hydrogen) atoms. The summed E-state index contributed by atoms with van der Waals surface area (Å²) in [7, 11) is 0. The second-order valence-electron chi connectivity index (χ2n) is 3.48. The second kappa shape index (κ2) is 3.49. The lowest BCUT2D eigenvalue weighted by molar-refractivity contribution is 0.481. The Morgan fingerprint density at radius 3 is 3.08 bits per heavy atom. The first kappa shape index (κ1) is 8.74. The normalized spacial score (nSPS) is 23.5. The molecule has 1 fully saturated rings. The Balaban J connectivity index is 2.24. The van der Waals surface area contributed by atoms with Gasteiger partial charge < -0.3 is 4.90 Å². The highest BCUT2D eigenvalue weighted by Crippen LogP contribution is 2.20. The van der Waals surface area contributed by atoms with E-state index in [-0.39, 0.29) is 5.56 Å². The first-order chi connectivity index (χ1) is 6.29. The largest absolute Gasteiger partial charge is 0.348 e. The van der Waals surface area contributed by atoms with Gasteiger partial charge in [-0.25, -0.2) is 0 Å². The molecule has 1 saturated heterocycles. The zero-order chi connectivity index (χ0) is 9.26. The van der Waals surface area contributed by atoms with Crippen LogP contribution in [0.15, 0.2) is 4.79 Å². The lowest BCUT2D eigenvalue weighted by Gasteiger charge is -2.32. The topological polar surface area (TPSA) is 49.0 Å². The zero-order valence-electron chi connectivity index (χ0n) is 7.62. The van der Waals surface area contributed by atoms with Crippen molar-refractivity contribution in [2.24, 2.45) is 0 Å². The van der Waals surface area contributed by atoms with Gasteiger partial charge in [-0.2, -0.15) is 4.37 Å². The Morgan fingerprint density at radius 1 is 1.62 bits per heavy atom. The van der Waals surface area contributed by atoms with Gasteiger partial charge in [0, 0.05) is 24.3 Å². The monoisotopic (exact) mass is 199 g/mol. The molecular weight excluding hydrogens is 186 g/mol. The number of aromatic amines is 1. The predicted octanol–water partition coefficient (Wildman–Crippen LogP) is 1.21. The molecule has 0 bridgehead atoms. The van der Waals surface area contributed by atoms with Gasteiger partial charge in [-0.15, -0.1) is 0 Å². The van der Waals surface area contributed by atoms with Crippen LogP contribution in [0.2, 0.25) is 0 Å². The van der Waals surface area contributed by atoms with Gasteiger partial charge in [0.1, 0.15) is 0 Å². The average molecular weight is 199 g/mol. The van der Waals surface area contributed by atoms with Crippen molar-refractivity contribution < 1.29 is 0 Å². The molecular formula is C8H13N3OS. The Kier molecular flexibility index (Phi) is 2.35. The van der Waals surface area contributed by atoms with Crippen molar-refractivity contribution in [1.82, 2.24) is 8.75 Å². The molecule has 1 atom stereocenters. The number of H-pyrrole nitrogens is 1. The maximum Gasteiger partial charge on any atom is 0.302 e. The van der Waals surface area contributed by atoms with E-state index < -0.39 is 0 Å². The van der Waals surface area contributed by atoms with Gasteiger partial charge in [-0.1, -0.05) is 0 Å². The number of nitrogens with one attached hydrogen (secondary N) is 1. The molecule has 1 N–H and O–H groups in total. The number of hydrogen-bond donors (Lipinski definition) is 1. The second-order valence-corrected chi connectivity index (χ2v) is 4.04. The number of nitrogens with zero attached hydrogens (tertiary/aromatic N) is 2. The maximum atomic E-state index is 11.3. The maximum absolute atomic E-state index is 11.3. The van der Waals surface area contributed by atoms with E-state index in [9.17, 15) is 4.79 Å². The summed E-state index contributed by atoms with van der Waals surface area (Å²) in [5.41, 5.74) is -0.0428. The lowest BCUT2D eigenvalue weighted by Crippen LogP contribution is -2.40. The molecule has 4 nitrogen and oxygen atoms in total. The Labute approximate surface area is 80.9 Å². The molecule has 0 amide bonds. The Morgan fingerprint density at radius 2 is 2.46 bits per heavy atom. The molecule has 0 spiro atoms. The molecule has 0 aromatic carbocycles. The van der Waals surface area contributed by atoms with Crippen LogP contribution in [0.4, 0.5) is 5.82 Å². The minimum absolute atomic E-state index is 0.0428.